The van der Waals surface area contributed by atoms with Gasteiger partial charge in [-0.25, -0.2) is 0 Å². The molecule has 0 heterocycles. The predicted molar refractivity (Wildman–Crippen MR) is 64.9 cm³/mol. The van der Waals surface area contributed by atoms with Gasteiger partial charge in [0.25, 0.3) is 0 Å². The van der Waals surface area contributed by atoms with Crippen LogP contribution in [-0.4, -0.2) is 19.6 Å². The number of hydrogen-bond donors (Lipinski definition) is 2. The number of hydrogen-bond acceptors (Lipinski definition) is 3. The number of halogens is 1. The summed E-state index contributed by atoms with van der Waals surface area (Å²) in [5.74, 6) is 0.669. The van der Waals surface area contributed by atoms with Crippen LogP contribution in [-0.2, 0) is 11.2 Å². The van der Waals surface area contributed by atoms with E-state index < -0.39 is 0 Å². The molecule has 0 aliphatic carbocycles. The molecule has 4 nitrogen and oxygen atoms in total. The molecule has 0 saturated carbocycles. The molecule has 16 heavy (non-hydrogen) atoms. The number of methoxy groups -OCH3 is 1. The number of carbonyl (C=O) groups excluding carboxylic acids is 1. The molecule has 5 heteroatoms. The first-order chi connectivity index (χ1) is 7.67. The summed E-state index contributed by atoms with van der Waals surface area (Å²) >= 11 is 5.57. The van der Waals surface area contributed by atoms with E-state index in [0.717, 1.165) is 17.7 Å². The molecule has 0 fully saturated rings. The fraction of sp³-hybridized carbons (Fsp3) is 0.364. The zero-order valence-electron chi connectivity index (χ0n) is 9.34. The third-order valence-corrected chi connectivity index (χ3v) is 2.36. The molecule has 0 aliphatic rings. The standard InChI is InChI=1S/C11H15ClN2O2/c1-8(15)13-6-5-9-3-4-11(16-2)10(7-9)14-12/h3-4,7,14H,5-6H2,1-2H3,(H,13,15). The van der Waals surface area contributed by atoms with E-state index in [9.17, 15) is 4.79 Å². The van der Waals surface area contributed by atoms with Crippen molar-refractivity contribution in [1.29, 1.82) is 0 Å². The van der Waals surface area contributed by atoms with Gasteiger partial charge in [0, 0.05) is 25.2 Å². The Labute approximate surface area is 100 Å². The van der Waals surface area contributed by atoms with Crippen LogP contribution in [0.5, 0.6) is 5.75 Å². The summed E-state index contributed by atoms with van der Waals surface area (Å²) < 4.78 is 5.12. The van der Waals surface area contributed by atoms with Crippen LogP contribution in [0.2, 0.25) is 0 Å². The molecule has 1 rings (SSSR count). The summed E-state index contributed by atoms with van der Waals surface area (Å²) in [6, 6.07) is 5.68. The number of carbonyl (C=O) groups is 1. The van der Waals surface area contributed by atoms with E-state index in [-0.39, 0.29) is 5.91 Å². The Bertz CT molecular complexity index is 369. The number of rotatable bonds is 5. The molecular formula is C11H15ClN2O2. The molecule has 1 aromatic rings. The van der Waals surface area contributed by atoms with E-state index in [0.29, 0.717) is 12.3 Å². The summed E-state index contributed by atoms with van der Waals surface area (Å²) in [5.41, 5.74) is 1.81. The molecule has 0 bridgehead atoms. The van der Waals surface area contributed by atoms with Crippen LogP contribution in [0.3, 0.4) is 0 Å². The molecule has 0 radical (unpaired) electrons. The highest BCUT2D eigenvalue weighted by atomic mass is 35.5. The molecule has 2 N–H and O–H groups in total. The quantitative estimate of drug-likeness (QED) is 0.776. The van der Waals surface area contributed by atoms with E-state index in [2.05, 4.69) is 10.2 Å². The Kier molecular flexibility index (Phi) is 4.92. The lowest BCUT2D eigenvalue weighted by Crippen LogP contribution is -2.22. The second kappa shape index (κ2) is 6.23. The maximum absolute atomic E-state index is 10.7. The maximum atomic E-state index is 10.7. The lowest BCUT2D eigenvalue weighted by Gasteiger charge is -2.09. The average molecular weight is 243 g/mol. The van der Waals surface area contributed by atoms with Crippen molar-refractivity contribution in [3.05, 3.63) is 23.8 Å². The fourth-order valence-electron chi connectivity index (χ4n) is 1.37. The second-order valence-corrected chi connectivity index (χ2v) is 3.55. The lowest BCUT2D eigenvalue weighted by molar-refractivity contribution is -0.118. The highest BCUT2D eigenvalue weighted by molar-refractivity contribution is 6.24. The minimum Gasteiger partial charge on any atom is -0.495 e. The van der Waals surface area contributed by atoms with Gasteiger partial charge in [-0.2, -0.15) is 0 Å². The first kappa shape index (κ1) is 12.6. The van der Waals surface area contributed by atoms with Crippen LogP contribution in [0.4, 0.5) is 5.69 Å². The zero-order chi connectivity index (χ0) is 12.0. The topological polar surface area (TPSA) is 50.4 Å². The third-order valence-electron chi connectivity index (χ3n) is 2.15. The summed E-state index contributed by atoms with van der Waals surface area (Å²) in [7, 11) is 1.59. The second-order valence-electron chi connectivity index (χ2n) is 3.36. The normalized spacial score (nSPS) is 9.69. The molecule has 1 amide bonds. The largest absolute Gasteiger partial charge is 0.495 e. The Morgan fingerprint density at radius 2 is 2.25 bits per heavy atom. The molecule has 0 aromatic heterocycles. The van der Waals surface area contributed by atoms with Gasteiger partial charge in [0.15, 0.2) is 0 Å². The zero-order valence-corrected chi connectivity index (χ0v) is 10.1. The van der Waals surface area contributed by atoms with Crippen molar-refractivity contribution in [3.63, 3.8) is 0 Å². The van der Waals surface area contributed by atoms with E-state index in [1.807, 2.05) is 18.2 Å². The minimum atomic E-state index is -0.0239. The third kappa shape index (κ3) is 3.62. The number of nitrogens with one attached hydrogen (secondary N) is 2. The van der Waals surface area contributed by atoms with Crippen LogP contribution in [0.1, 0.15) is 12.5 Å². The van der Waals surface area contributed by atoms with Crippen molar-refractivity contribution in [1.82, 2.24) is 5.32 Å². The van der Waals surface area contributed by atoms with Gasteiger partial charge in [-0.1, -0.05) is 6.07 Å². The van der Waals surface area contributed by atoms with Crippen molar-refractivity contribution < 1.29 is 9.53 Å². The van der Waals surface area contributed by atoms with E-state index >= 15 is 0 Å². The van der Waals surface area contributed by atoms with Crippen LogP contribution >= 0.6 is 11.8 Å². The summed E-state index contributed by atoms with van der Waals surface area (Å²) in [6.45, 7) is 2.11. The summed E-state index contributed by atoms with van der Waals surface area (Å²) in [4.78, 5) is 13.2. The summed E-state index contributed by atoms with van der Waals surface area (Å²) in [6.07, 6.45) is 0.759. The Hall–Kier alpha value is -1.42. The Balaban J connectivity index is 2.64. The number of anilines is 1. The van der Waals surface area contributed by atoms with Crippen LogP contribution in [0.25, 0.3) is 0 Å². The molecular weight excluding hydrogens is 228 g/mol. The molecule has 0 atom stereocenters. The highest BCUT2D eigenvalue weighted by Crippen LogP contribution is 2.26. The van der Waals surface area contributed by atoms with E-state index in [1.54, 1.807) is 7.11 Å². The van der Waals surface area contributed by atoms with Crippen molar-refractivity contribution in [3.8, 4) is 5.75 Å². The summed E-state index contributed by atoms with van der Waals surface area (Å²) in [5, 5.41) is 2.74. The van der Waals surface area contributed by atoms with Crippen LogP contribution in [0, 0.1) is 0 Å². The number of benzene rings is 1. The van der Waals surface area contributed by atoms with Crippen molar-refractivity contribution >= 4 is 23.4 Å². The Morgan fingerprint density at radius 3 is 2.81 bits per heavy atom. The van der Waals surface area contributed by atoms with Crippen LogP contribution in [0.15, 0.2) is 18.2 Å². The molecule has 0 saturated heterocycles. The van der Waals surface area contributed by atoms with Gasteiger partial charge in [0.05, 0.1) is 12.8 Å². The fourth-order valence-corrected chi connectivity index (χ4v) is 1.52. The number of ether oxygens (including phenoxy) is 1. The molecule has 0 aliphatic heterocycles. The van der Waals surface area contributed by atoms with E-state index in [1.165, 1.54) is 6.92 Å². The minimum absolute atomic E-state index is 0.0239. The monoisotopic (exact) mass is 242 g/mol. The van der Waals surface area contributed by atoms with Gasteiger partial charge in [0.1, 0.15) is 5.75 Å². The van der Waals surface area contributed by atoms with Gasteiger partial charge < -0.3 is 10.1 Å². The molecule has 1 aromatic carbocycles. The number of amides is 1. The van der Waals surface area contributed by atoms with E-state index in [4.69, 9.17) is 16.5 Å². The predicted octanol–water partition coefficient (Wildman–Crippen LogP) is 1.94. The molecule has 88 valence electrons. The van der Waals surface area contributed by atoms with Gasteiger partial charge in [0.2, 0.25) is 5.91 Å². The Morgan fingerprint density at radius 1 is 1.50 bits per heavy atom. The maximum Gasteiger partial charge on any atom is 0.216 e. The first-order valence-electron chi connectivity index (χ1n) is 4.95. The molecule has 0 unspecified atom stereocenters. The van der Waals surface area contributed by atoms with Crippen LogP contribution < -0.4 is 14.9 Å². The van der Waals surface area contributed by atoms with Gasteiger partial charge in [-0.05, 0) is 24.1 Å². The highest BCUT2D eigenvalue weighted by Gasteiger charge is 2.03. The van der Waals surface area contributed by atoms with Crippen molar-refractivity contribution in [2.45, 2.75) is 13.3 Å². The van der Waals surface area contributed by atoms with Gasteiger partial charge in [-0.15, -0.1) is 0 Å². The average Bonchev–Trinajstić information content (AvgIpc) is 2.28. The van der Waals surface area contributed by atoms with Gasteiger partial charge in [-0.3, -0.25) is 9.63 Å². The SMILES string of the molecule is COc1ccc(CCNC(C)=O)cc1NCl. The lowest BCUT2D eigenvalue weighted by atomic mass is 10.1. The van der Waals surface area contributed by atoms with Crippen molar-refractivity contribution in [2.75, 3.05) is 18.5 Å². The molecule has 0 spiro atoms. The smallest absolute Gasteiger partial charge is 0.216 e. The van der Waals surface area contributed by atoms with Gasteiger partial charge >= 0.3 is 0 Å². The first-order valence-corrected chi connectivity index (χ1v) is 5.33. The van der Waals surface area contributed by atoms with Crippen molar-refractivity contribution in [2.24, 2.45) is 0 Å².